The molecule has 0 radical (unpaired) electrons. The van der Waals surface area contributed by atoms with Crippen LogP contribution in [0.5, 0.6) is 0 Å². The second kappa shape index (κ2) is 7.78. The van der Waals surface area contributed by atoms with Gasteiger partial charge in [0, 0.05) is 12.2 Å². The lowest BCUT2D eigenvalue weighted by Gasteiger charge is -2.21. The van der Waals surface area contributed by atoms with Gasteiger partial charge >= 0.3 is 6.18 Å². The van der Waals surface area contributed by atoms with Crippen LogP contribution in [0.25, 0.3) is 0 Å². The molecule has 128 valence electrons. The summed E-state index contributed by atoms with van der Waals surface area (Å²) < 4.78 is 39.2. The second-order valence-corrected chi connectivity index (χ2v) is 5.44. The summed E-state index contributed by atoms with van der Waals surface area (Å²) in [5.74, 6) is 9.73. The summed E-state index contributed by atoms with van der Waals surface area (Å²) in [6.45, 7) is 3.73. The number of allylic oxidation sites excluding steroid dienone is 1. The van der Waals surface area contributed by atoms with E-state index in [1.807, 2.05) is 0 Å². The first-order valence-electron chi connectivity index (χ1n) is 6.66. The lowest BCUT2D eigenvalue weighted by atomic mass is 10.1. The maximum absolute atomic E-state index is 13.1. The van der Waals surface area contributed by atoms with Gasteiger partial charge in [-0.05, 0) is 25.0 Å². The van der Waals surface area contributed by atoms with Crippen LogP contribution in [0.15, 0.2) is 30.0 Å². The smallest absolute Gasteiger partial charge is 0.271 e. The highest BCUT2D eigenvalue weighted by molar-refractivity contribution is 6.34. The Morgan fingerprint density at radius 2 is 2.09 bits per heavy atom. The van der Waals surface area contributed by atoms with Gasteiger partial charge < -0.3 is 0 Å². The number of halogens is 4. The number of benzene rings is 1. The minimum Gasteiger partial charge on any atom is -0.271 e. The monoisotopic (exact) mass is 350 g/mol. The molecule has 5 N–H and O–H groups in total. The molecule has 0 aliphatic rings. The Labute approximate surface area is 137 Å². The van der Waals surface area contributed by atoms with Gasteiger partial charge in [-0.15, -0.1) is 0 Å². The SMILES string of the molecule is C/C(=C\C(C)CNN)N(N)C(=O)c1c(Cl)cccc1C(F)(F)F. The zero-order chi connectivity index (χ0) is 17.8. The van der Waals surface area contributed by atoms with E-state index in [-0.39, 0.29) is 16.6 Å². The predicted octanol–water partition coefficient (Wildman–Crippen LogP) is 2.68. The van der Waals surface area contributed by atoms with Gasteiger partial charge in [-0.2, -0.15) is 13.2 Å². The topological polar surface area (TPSA) is 84.4 Å². The number of alkyl halides is 3. The molecular formula is C14H18ClF3N4O. The molecule has 0 saturated heterocycles. The lowest BCUT2D eigenvalue weighted by Crippen LogP contribution is -2.37. The van der Waals surface area contributed by atoms with Crippen molar-refractivity contribution in [1.29, 1.82) is 0 Å². The molecule has 1 aromatic rings. The molecule has 0 fully saturated rings. The normalized spacial score (nSPS) is 13.8. The molecule has 0 aliphatic heterocycles. The number of nitrogens with zero attached hydrogens (tertiary/aromatic N) is 1. The van der Waals surface area contributed by atoms with Crippen LogP contribution in [0, 0.1) is 5.92 Å². The maximum Gasteiger partial charge on any atom is 0.417 e. The predicted molar refractivity (Wildman–Crippen MR) is 81.9 cm³/mol. The molecule has 1 atom stereocenters. The van der Waals surface area contributed by atoms with E-state index in [0.29, 0.717) is 11.6 Å². The van der Waals surface area contributed by atoms with Crippen molar-refractivity contribution in [3.8, 4) is 0 Å². The van der Waals surface area contributed by atoms with Crippen LogP contribution in [0.4, 0.5) is 13.2 Å². The molecular weight excluding hydrogens is 333 g/mol. The summed E-state index contributed by atoms with van der Waals surface area (Å²) >= 11 is 5.79. The van der Waals surface area contributed by atoms with Crippen LogP contribution in [-0.4, -0.2) is 17.5 Å². The summed E-state index contributed by atoms with van der Waals surface area (Å²) in [5, 5.41) is 0.327. The van der Waals surface area contributed by atoms with Gasteiger partial charge in [0.15, 0.2) is 0 Å². The van der Waals surface area contributed by atoms with Crippen molar-refractivity contribution in [3.63, 3.8) is 0 Å². The van der Waals surface area contributed by atoms with Crippen molar-refractivity contribution in [2.75, 3.05) is 6.54 Å². The lowest BCUT2D eigenvalue weighted by molar-refractivity contribution is -0.138. The minimum absolute atomic E-state index is 0.0767. The molecule has 1 unspecified atom stereocenters. The summed E-state index contributed by atoms with van der Waals surface area (Å²) in [7, 11) is 0. The molecule has 0 saturated carbocycles. The largest absolute Gasteiger partial charge is 0.417 e. The summed E-state index contributed by atoms with van der Waals surface area (Å²) in [6.07, 6.45) is -3.10. The summed E-state index contributed by atoms with van der Waals surface area (Å²) in [4.78, 5) is 12.3. The first-order valence-corrected chi connectivity index (χ1v) is 7.04. The third kappa shape index (κ3) is 4.93. The van der Waals surface area contributed by atoms with Crippen molar-refractivity contribution in [2.24, 2.45) is 17.6 Å². The molecule has 0 aromatic heterocycles. The van der Waals surface area contributed by atoms with Crippen molar-refractivity contribution < 1.29 is 18.0 Å². The first-order chi connectivity index (χ1) is 10.6. The van der Waals surface area contributed by atoms with Crippen molar-refractivity contribution in [3.05, 3.63) is 46.1 Å². The van der Waals surface area contributed by atoms with Gasteiger partial charge in [-0.1, -0.05) is 30.7 Å². The Morgan fingerprint density at radius 3 is 2.61 bits per heavy atom. The van der Waals surface area contributed by atoms with E-state index in [1.54, 1.807) is 13.0 Å². The van der Waals surface area contributed by atoms with Gasteiger partial charge in [-0.3, -0.25) is 16.1 Å². The molecule has 9 heteroatoms. The van der Waals surface area contributed by atoms with E-state index in [9.17, 15) is 18.0 Å². The van der Waals surface area contributed by atoms with Crippen LogP contribution in [0.1, 0.15) is 29.8 Å². The number of nitrogens with one attached hydrogen (secondary N) is 1. The van der Waals surface area contributed by atoms with Gasteiger partial charge in [0.2, 0.25) is 0 Å². The highest BCUT2D eigenvalue weighted by Crippen LogP contribution is 2.35. The molecule has 23 heavy (non-hydrogen) atoms. The van der Waals surface area contributed by atoms with Crippen molar-refractivity contribution in [1.82, 2.24) is 10.4 Å². The number of carbonyl (C=O) groups excluding carboxylic acids is 1. The first kappa shape index (κ1) is 19.4. The number of nitrogens with two attached hydrogens (primary N) is 2. The highest BCUT2D eigenvalue weighted by Gasteiger charge is 2.37. The standard InChI is InChI=1S/C14H18ClF3N4O/c1-8(7-21-19)6-9(2)22(20)13(23)12-10(14(16,17)18)4-3-5-11(12)15/h3-6,8,21H,7,19-20H2,1-2H3/b9-6+. The average molecular weight is 351 g/mol. The highest BCUT2D eigenvalue weighted by atomic mass is 35.5. The van der Waals surface area contributed by atoms with Crippen LogP contribution < -0.4 is 17.1 Å². The fourth-order valence-electron chi connectivity index (χ4n) is 2.00. The Hall–Kier alpha value is -1.61. The molecule has 1 rings (SSSR count). The number of hydrazine groups is 2. The van der Waals surface area contributed by atoms with Crippen LogP contribution >= 0.6 is 11.6 Å². The molecule has 0 aliphatic carbocycles. The quantitative estimate of drug-likeness (QED) is 0.433. The van der Waals surface area contributed by atoms with E-state index in [4.69, 9.17) is 23.3 Å². The Morgan fingerprint density at radius 1 is 1.48 bits per heavy atom. The molecule has 0 spiro atoms. The van der Waals surface area contributed by atoms with E-state index >= 15 is 0 Å². The Kier molecular flexibility index (Phi) is 6.57. The van der Waals surface area contributed by atoms with Crippen LogP contribution in [-0.2, 0) is 6.18 Å². The minimum atomic E-state index is -4.72. The molecule has 0 bridgehead atoms. The fraction of sp³-hybridized carbons (Fsp3) is 0.357. The van der Waals surface area contributed by atoms with Crippen LogP contribution in [0.2, 0.25) is 5.02 Å². The number of hydrogen-bond donors (Lipinski definition) is 3. The molecule has 1 amide bonds. The zero-order valence-electron chi connectivity index (χ0n) is 12.6. The van der Waals surface area contributed by atoms with Crippen LogP contribution in [0.3, 0.4) is 0 Å². The number of rotatable bonds is 5. The molecule has 5 nitrogen and oxygen atoms in total. The zero-order valence-corrected chi connectivity index (χ0v) is 13.4. The fourth-order valence-corrected chi connectivity index (χ4v) is 2.25. The van der Waals surface area contributed by atoms with Gasteiger partial charge in [-0.25, -0.2) is 10.9 Å². The Bertz CT molecular complexity index is 604. The summed E-state index contributed by atoms with van der Waals surface area (Å²) in [6, 6.07) is 3.12. The average Bonchev–Trinajstić information content (AvgIpc) is 2.44. The van der Waals surface area contributed by atoms with Gasteiger partial charge in [0.25, 0.3) is 5.91 Å². The second-order valence-electron chi connectivity index (χ2n) is 5.03. The molecule has 1 aromatic carbocycles. The number of amides is 1. The number of hydrogen-bond acceptors (Lipinski definition) is 4. The van der Waals surface area contributed by atoms with E-state index in [1.165, 1.54) is 13.0 Å². The van der Waals surface area contributed by atoms with E-state index in [2.05, 4.69) is 5.43 Å². The third-order valence-electron chi connectivity index (χ3n) is 3.10. The van der Waals surface area contributed by atoms with Gasteiger partial charge in [0.1, 0.15) is 0 Å². The van der Waals surface area contributed by atoms with Crippen molar-refractivity contribution in [2.45, 2.75) is 20.0 Å². The van der Waals surface area contributed by atoms with E-state index < -0.39 is 23.2 Å². The summed E-state index contributed by atoms with van der Waals surface area (Å²) in [5.41, 5.74) is 0.926. The maximum atomic E-state index is 13.1. The van der Waals surface area contributed by atoms with E-state index in [0.717, 1.165) is 12.1 Å². The Balaban J connectivity index is 3.20. The number of carbonyl (C=O) groups is 1. The third-order valence-corrected chi connectivity index (χ3v) is 3.41. The van der Waals surface area contributed by atoms with Crippen molar-refractivity contribution >= 4 is 17.5 Å². The van der Waals surface area contributed by atoms with Gasteiger partial charge in [0.05, 0.1) is 16.1 Å². The molecule has 0 heterocycles.